The number of anilines is 1. The van der Waals surface area contributed by atoms with Crippen LogP contribution in [0.15, 0.2) is 48.9 Å². The van der Waals surface area contributed by atoms with E-state index in [0.29, 0.717) is 41.3 Å². The number of nitrogen functional groups attached to an aromatic ring is 1. The fourth-order valence-electron chi connectivity index (χ4n) is 3.02. The monoisotopic (exact) mass is 388 g/mol. The highest BCUT2D eigenvalue weighted by atomic mass is 35.5. The number of hydroxylamine groups is 3. The summed E-state index contributed by atoms with van der Waals surface area (Å²) in [7, 11) is 0. The molecule has 1 aromatic carbocycles. The van der Waals surface area contributed by atoms with Crippen molar-refractivity contribution in [3.63, 3.8) is 0 Å². The van der Waals surface area contributed by atoms with Crippen molar-refractivity contribution < 1.29 is 9.04 Å². The first-order valence-electron chi connectivity index (χ1n) is 8.23. The molecule has 1 aliphatic heterocycles. The van der Waals surface area contributed by atoms with Gasteiger partial charge in [0.1, 0.15) is 36.4 Å². The molecule has 140 valence electrons. The van der Waals surface area contributed by atoms with E-state index in [2.05, 4.69) is 15.0 Å². The maximum Gasteiger partial charge on any atom is 0.170 e. The van der Waals surface area contributed by atoms with E-state index >= 15 is 0 Å². The summed E-state index contributed by atoms with van der Waals surface area (Å²) in [6.07, 6.45) is 6.61. The first kappa shape index (κ1) is 19.0. The van der Waals surface area contributed by atoms with Gasteiger partial charge in [-0.05, 0) is 31.2 Å². The molecule has 2 aromatic heterocycles. The highest BCUT2D eigenvalue weighted by molar-refractivity contribution is 5.89. The molecule has 0 amide bonds. The molecule has 0 aliphatic carbocycles. The Balaban J connectivity index is 0.00000210. The van der Waals surface area contributed by atoms with E-state index < -0.39 is 4.65 Å². The fourth-order valence-corrected chi connectivity index (χ4v) is 3.02. The molecule has 0 fully saturated rings. The van der Waals surface area contributed by atoms with Gasteiger partial charge in [0.25, 0.3) is 0 Å². The Labute approximate surface area is 161 Å². The average Bonchev–Trinajstić information content (AvgIpc) is 3.03. The van der Waals surface area contributed by atoms with Crippen LogP contribution in [-0.2, 0) is 0 Å². The van der Waals surface area contributed by atoms with Crippen LogP contribution in [-0.4, -0.2) is 37.3 Å². The minimum absolute atomic E-state index is 0. The number of benzene rings is 1. The number of aromatic nitrogens is 4. The molecule has 1 aliphatic rings. The first-order valence-corrected chi connectivity index (χ1v) is 8.23. The van der Waals surface area contributed by atoms with Crippen LogP contribution >= 0.6 is 12.4 Å². The summed E-state index contributed by atoms with van der Waals surface area (Å²) in [5.74, 6) is 0.299. The number of hydrogen-bond acceptors (Lipinski definition) is 5. The standard InChI is InChI=1S/C18H17FN6O.ClH/c1-2-25(26)8-4-7-14(10-25)24-17(12-5-3-6-13(19)9-12)23-15-16(20)21-11-22-18(15)24;/h3-7,9-11H,2,8H2,1H3,(H2,20,21,22);1H. The molecule has 9 heteroatoms. The average molecular weight is 389 g/mol. The first-order chi connectivity index (χ1) is 12.5. The predicted octanol–water partition coefficient (Wildman–Crippen LogP) is 3.34. The molecular formula is C18H18ClFN6O. The lowest BCUT2D eigenvalue weighted by Crippen LogP contribution is -2.38. The van der Waals surface area contributed by atoms with Gasteiger partial charge in [-0.1, -0.05) is 12.1 Å². The summed E-state index contributed by atoms with van der Waals surface area (Å²) >= 11 is 0. The van der Waals surface area contributed by atoms with Gasteiger partial charge in [-0.2, -0.15) is 0 Å². The summed E-state index contributed by atoms with van der Waals surface area (Å²) < 4.78 is 15.0. The molecule has 27 heavy (non-hydrogen) atoms. The lowest BCUT2D eigenvalue weighted by Gasteiger charge is -2.39. The van der Waals surface area contributed by atoms with Crippen molar-refractivity contribution in [1.82, 2.24) is 19.5 Å². The zero-order valence-corrected chi connectivity index (χ0v) is 15.4. The highest BCUT2D eigenvalue weighted by Gasteiger charge is 2.23. The van der Waals surface area contributed by atoms with Gasteiger partial charge in [0.15, 0.2) is 17.0 Å². The molecule has 0 bridgehead atoms. The third-order valence-electron chi connectivity index (χ3n) is 4.42. The smallest absolute Gasteiger partial charge is 0.170 e. The summed E-state index contributed by atoms with van der Waals surface area (Å²) in [6.45, 7) is 2.59. The zero-order valence-electron chi connectivity index (χ0n) is 14.5. The Morgan fingerprint density at radius 1 is 1.33 bits per heavy atom. The highest BCUT2D eigenvalue weighted by Crippen LogP contribution is 2.31. The number of quaternary nitrogens is 1. The number of imidazole rings is 1. The predicted molar refractivity (Wildman–Crippen MR) is 105 cm³/mol. The van der Waals surface area contributed by atoms with Crippen molar-refractivity contribution in [2.45, 2.75) is 6.92 Å². The van der Waals surface area contributed by atoms with Gasteiger partial charge in [-0.3, -0.25) is 4.57 Å². The maximum atomic E-state index is 13.8. The van der Waals surface area contributed by atoms with Crippen LogP contribution in [0.4, 0.5) is 10.2 Å². The van der Waals surface area contributed by atoms with E-state index in [-0.39, 0.29) is 24.0 Å². The van der Waals surface area contributed by atoms with Crippen molar-refractivity contribution in [2.75, 3.05) is 18.8 Å². The second-order valence-corrected chi connectivity index (χ2v) is 6.12. The molecule has 3 heterocycles. The summed E-state index contributed by atoms with van der Waals surface area (Å²) in [5, 5.41) is 12.8. The number of nitrogens with zero attached hydrogens (tertiary/aromatic N) is 5. The number of allylic oxidation sites excluding steroid dienone is 2. The minimum Gasteiger partial charge on any atom is -0.627 e. The van der Waals surface area contributed by atoms with Crippen LogP contribution in [0.25, 0.3) is 28.2 Å². The number of nitrogens with two attached hydrogens (primary N) is 1. The van der Waals surface area contributed by atoms with Crippen LogP contribution in [0.1, 0.15) is 6.92 Å². The van der Waals surface area contributed by atoms with Crippen LogP contribution in [0, 0.1) is 11.0 Å². The van der Waals surface area contributed by atoms with Gasteiger partial charge in [0.05, 0.1) is 6.54 Å². The van der Waals surface area contributed by atoms with E-state index in [1.807, 2.05) is 19.1 Å². The topological polar surface area (TPSA) is 92.7 Å². The van der Waals surface area contributed by atoms with Crippen LogP contribution in [0.3, 0.4) is 0 Å². The Bertz CT molecular complexity index is 1060. The number of likely N-dealkylation sites (N-methyl/N-ethyl adjacent to an activating group) is 1. The largest absolute Gasteiger partial charge is 0.627 e. The summed E-state index contributed by atoms with van der Waals surface area (Å²) in [5.41, 5.74) is 8.01. The summed E-state index contributed by atoms with van der Waals surface area (Å²) in [6, 6.07) is 6.10. The zero-order chi connectivity index (χ0) is 18.3. The van der Waals surface area contributed by atoms with E-state index in [1.165, 1.54) is 18.5 Å². The molecule has 0 saturated heterocycles. The molecule has 4 rings (SSSR count). The number of halogens is 2. The number of hydrogen-bond donors (Lipinski definition) is 1. The lowest BCUT2D eigenvalue weighted by molar-refractivity contribution is -0.820. The van der Waals surface area contributed by atoms with Crippen molar-refractivity contribution in [3.05, 3.63) is 60.0 Å². The van der Waals surface area contributed by atoms with Gasteiger partial charge in [0, 0.05) is 5.56 Å². The molecular weight excluding hydrogens is 371 g/mol. The second-order valence-electron chi connectivity index (χ2n) is 6.12. The molecule has 0 radical (unpaired) electrons. The molecule has 3 aromatic rings. The quantitative estimate of drug-likeness (QED) is 0.548. The van der Waals surface area contributed by atoms with Crippen LogP contribution in [0.2, 0.25) is 0 Å². The van der Waals surface area contributed by atoms with Gasteiger partial charge >= 0.3 is 0 Å². The minimum atomic E-state index is -0.491. The SMILES string of the molecule is CC[N+]1([O-])C=C(n2c(-c3cccc(F)c3)nc3c(N)ncnc32)C=CC1.Cl. The van der Waals surface area contributed by atoms with Crippen molar-refractivity contribution in [3.8, 4) is 11.4 Å². The lowest BCUT2D eigenvalue weighted by atomic mass is 10.2. The van der Waals surface area contributed by atoms with Gasteiger partial charge in [0.2, 0.25) is 0 Å². The van der Waals surface area contributed by atoms with Crippen LogP contribution in [0.5, 0.6) is 0 Å². The fraction of sp³-hybridized carbons (Fsp3) is 0.167. The van der Waals surface area contributed by atoms with E-state index in [4.69, 9.17) is 5.73 Å². The molecule has 7 nitrogen and oxygen atoms in total. The second kappa shape index (κ2) is 7.07. The molecule has 0 saturated carbocycles. The Morgan fingerprint density at radius 2 is 2.15 bits per heavy atom. The van der Waals surface area contributed by atoms with E-state index in [1.54, 1.807) is 22.9 Å². The molecule has 1 unspecified atom stereocenters. The number of fused-ring (bicyclic) bond motifs is 1. The molecule has 2 N–H and O–H groups in total. The Hall–Kier alpha value is -2.81. The van der Waals surface area contributed by atoms with Crippen molar-refractivity contribution >= 4 is 35.1 Å². The molecule has 1 atom stereocenters. The van der Waals surface area contributed by atoms with E-state index in [0.717, 1.165) is 0 Å². The van der Waals surface area contributed by atoms with Crippen molar-refractivity contribution in [1.29, 1.82) is 0 Å². The Morgan fingerprint density at radius 3 is 2.89 bits per heavy atom. The van der Waals surface area contributed by atoms with Gasteiger partial charge < -0.3 is 15.6 Å². The third-order valence-corrected chi connectivity index (χ3v) is 4.42. The van der Waals surface area contributed by atoms with E-state index in [9.17, 15) is 9.60 Å². The number of rotatable bonds is 3. The summed E-state index contributed by atoms with van der Waals surface area (Å²) in [4.78, 5) is 12.8. The van der Waals surface area contributed by atoms with Crippen molar-refractivity contribution in [2.24, 2.45) is 0 Å². The normalized spacial score (nSPS) is 19.0. The van der Waals surface area contributed by atoms with Crippen LogP contribution < -0.4 is 5.73 Å². The Kier molecular flexibility index (Phi) is 4.97. The third kappa shape index (κ3) is 3.30. The van der Waals surface area contributed by atoms with Gasteiger partial charge in [-0.15, -0.1) is 12.4 Å². The maximum absolute atomic E-state index is 13.8. The van der Waals surface area contributed by atoms with Gasteiger partial charge in [-0.25, -0.2) is 19.3 Å². The molecule has 0 spiro atoms.